The maximum absolute atomic E-state index is 11.9. The molecule has 1 atom stereocenters. The molecule has 0 aromatic rings. The third-order valence-electron chi connectivity index (χ3n) is 2.11. The lowest BCUT2D eigenvalue weighted by Crippen LogP contribution is -2.41. The molecule has 0 radical (unpaired) electrons. The molecule has 2 N–H and O–H groups in total. The monoisotopic (exact) mass is 270 g/mol. The summed E-state index contributed by atoms with van der Waals surface area (Å²) in [5.41, 5.74) is 0.906. The van der Waals surface area contributed by atoms with E-state index in [0.29, 0.717) is 12.4 Å². The summed E-state index contributed by atoms with van der Waals surface area (Å²) in [5.74, 6) is -0.0101. The number of amides is 2. The summed E-state index contributed by atoms with van der Waals surface area (Å²) in [5, 5.41) is 12.6. The Hall–Kier alpha value is -1.37. The van der Waals surface area contributed by atoms with E-state index in [1.807, 2.05) is 6.92 Å². The third-order valence-corrected chi connectivity index (χ3v) is 3.19. The lowest BCUT2D eigenvalue weighted by Gasteiger charge is -2.09. The van der Waals surface area contributed by atoms with Crippen LogP contribution in [0.15, 0.2) is 10.2 Å². The molecule has 6 nitrogen and oxygen atoms in total. The van der Waals surface area contributed by atoms with E-state index >= 15 is 0 Å². The minimum absolute atomic E-state index is 0.171. The average molecular weight is 270 g/mol. The fourth-order valence-electron chi connectivity index (χ4n) is 1.27. The average Bonchev–Trinajstić information content (AvgIpc) is 2.73. The molecule has 1 saturated heterocycles. The summed E-state index contributed by atoms with van der Waals surface area (Å²) in [6.07, 6.45) is 0.832. The van der Waals surface area contributed by atoms with Gasteiger partial charge in [0.2, 0.25) is 5.91 Å². The van der Waals surface area contributed by atoms with Gasteiger partial charge in [0.25, 0.3) is 5.91 Å². The Balaban J connectivity index is 2.87. The number of nitrogens with zero attached hydrogens (tertiary/aromatic N) is 2. The molecular weight excluding hydrogens is 252 g/mol. The van der Waals surface area contributed by atoms with Gasteiger partial charge in [-0.25, -0.2) is 0 Å². The second kappa shape index (κ2) is 7.15. The van der Waals surface area contributed by atoms with Crippen molar-refractivity contribution in [2.75, 3.05) is 12.4 Å². The van der Waals surface area contributed by atoms with Crippen molar-refractivity contribution in [3.05, 3.63) is 0 Å². The van der Waals surface area contributed by atoms with Crippen LogP contribution in [0.25, 0.3) is 0 Å². The minimum Gasteiger partial charge on any atom is -0.351 e. The molecule has 1 aliphatic rings. The van der Waals surface area contributed by atoms with Crippen LogP contribution in [0.3, 0.4) is 0 Å². The highest BCUT2D eigenvalue weighted by molar-refractivity contribution is 8.01. The van der Waals surface area contributed by atoms with E-state index in [1.165, 1.54) is 11.8 Å². The summed E-state index contributed by atoms with van der Waals surface area (Å²) in [4.78, 5) is 23.5. The first-order valence-electron chi connectivity index (χ1n) is 5.82. The SMILES string of the molecule is CCCNC(=O)/C(=N\N=C(C)C)C1SCNC1=O. The van der Waals surface area contributed by atoms with Gasteiger partial charge in [0, 0.05) is 12.3 Å². The Kier molecular flexibility index (Phi) is 5.84. The van der Waals surface area contributed by atoms with Crippen molar-refractivity contribution in [1.29, 1.82) is 0 Å². The maximum atomic E-state index is 11.9. The Morgan fingerprint density at radius 2 is 2.22 bits per heavy atom. The molecule has 7 heteroatoms. The van der Waals surface area contributed by atoms with Crippen LogP contribution in [-0.2, 0) is 9.59 Å². The summed E-state index contributed by atoms with van der Waals surface area (Å²) in [6.45, 7) is 6.09. The quantitative estimate of drug-likeness (QED) is 0.565. The summed E-state index contributed by atoms with van der Waals surface area (Å²) < 4.78 is 0. The lowest BCUT2D eigenvalue weighted by molar-refractivity contribution is -0.120. The number of rotatable bonds is 5. The van der Waals surface area contributed by atoms with Crippen LogP contribution in [0.1, 0.15) is 27.2 Å². The van der Waals surface area contributed by atoms with Gasteiger partial charge in [-0.3, -0.25) is 9.59 Å². The normalized spacial score (nSPS) is 19.4. The molecule has 100 valence electrons. The zero-order valence-electron chi connectivity index (χ0n) is 10.8. The van der Waals surface area contributed by atoms with Gasteiger partial charge in [-0.15, -0.1) is 16.9 Å². The highest BCUT2D eigenvalue weighted by atomic mass is 32.2. The van der Waals surface area contributed by atoms with Crippen molar-refractivity contribution in [2.24, 2.45) is 10.2 Å². The molecule has 1 aliphatic heterocycles. The Labute approximate surface area is 111 Å². The lowest BCUT2D eigenvalue weighted by atomic mass is 10.2. The number of hydrogen-bond donors (Lipinski definition) is 2. The van der Waals surface area contributed by atoms with Crippen molar-refractivity contribution in [3.8, 4) is 0 Å². The smallest absolute Gasteiger partial charge is 0.269 e. The van der Waals surface area contributed by atoms with Crippen LogP contribution in [0.4, 0.5) is 0 Å². The molecule has 1 fully saturated rings. The van der Waals surface area contributed by atoms with Crippen molar-refractivity contribution in [2.45, 2.75) is 32.4 Å². The van der Waals surface area contributed by atoms with E-state index < -0.39 is 5.25 Å². The summed E-state index contributed by atoms with van der Waals surface area (Å²) in [7, 11) is 0. The van der Waals surface area contributed by atoms with Gasteiger partial charge in [-0.2, -0.15) is 5.10 Å². The number of nitrogens with one attached hydrogen (secondary N) is 2. The van der Waals surface area contributed by atoms with Crippen molar-refractivity contribution < 1.29 is 9.59 Å². The van der Waals surface area contributed by atoms with Crippen LogP contribution in [0, 0.1) is 0 Å². The second-order valence-electron chi connectivity index (χ2n) is 4.02. The zero-order chi connectivity index (χ0) is 13.5. The Bertz CT molecular complexity index is 389. The van der Waals surface area contributed by atoms with Crippen molar-refractivity contribution >= 4 is 35.0 Å². The zero-order valence-corrected chi connectivity index (χ0v) is 11.6. The molecule has 1 rings (SSSR count). The van der Waals surface area contributed by atoms with E-state index in [1.54, 1.807) is 13.8 Å². The van der Waals surface area contributed by atoms with Gasteiger partial charge < -0.3 is 10.6 Å². The molecule has 0 bridgehead atoms. The van der Waals surface area contributed by atoms with Gasteiger partial charge >= 0.3 is 0 Å². The van der Waals surface area contributed by atoms with Crippen molar-refractivity contribution in [1.82, 2.24) is 10.6 Å². The standard InChI is InChI=1S/C11H18N4O2S/c1-4-5-12-10(16)8(15-14-7(2)3)9-11(17)13-6-18-9/h9H,4-6H2,1-3H3,(H,12,16)(H,13,17)/b15-8-. The fourth-order valence-corrected chi connectivity index (χ4v) is 2.21. The second-order valence-corrected chi connectivity index (χ2v) is 5.11. The van der Waals surface area contributed by atoms with E-state index in [9.17, 15) is 9.59 Å². The molecule has 1 heterocycles. The van der Waals surface area contributed by atoms with Gasteiger partial charge in [0.05, 0.1) is 5.88 Å². The highest BCUT2D eigenvalue weighted by Gasteiger charge is 2.34. The molecule has 1 unspecified atom stereocenters. The summed E-state index contributed by atoms with van der Waals surface area (Å²) >= 11 is 1.35. The fraction of sp³-hybridized carbons (Fsp3) is 0.636. The predicted molar refractivity (Wildman–Crippen MR) is 73.9 cm³/mol. The molecule has 0 saturated carbocycles. The molecule has 0 aromatic heterocycles. The number of carbonyl (C=O) groups excluding carboxylic acids is 2. The van der Waals surface area contributed by atoms with Crippen LogP contribution < -0.4 is 10.6 Å². The van der Waals surface area contributed by atoms with E-state index in [0.717, 1.165) is 12.1 Å². The van der Waals surface area contributed by atoms with Crippen molar-refractivity contribution in [3.63, 3.8) is 0 Å². The third kappa shape index (κ3) is 4.14. The van der Waals surface area contributed by atoms with Gasteiger partial charge in [-0.05, 0) is 20.3 Å². The van der Waals surface area contributed by atoms with Crippen LogP contribution in [0.2, 0.25) is 0 Å². The van der Waals surface area contributed by atoms with E-state index in [4.69, 9.17) is 0 Å². The molecular formula is C11H18N4O2S. The van der Waals surface area contributed by atoms with E-state index in [-0.39, 0.29) is 17.5 Å². The Morgan fingerprint density at radius 1 is 1.50 bits per heavy atom. The molecule has 18 heavy (non-hydrogen) atoms. The molecule has 2 amide bonds. The van der Waals surface area contributed by atoms with Gasteiger partial charge in [0.15, 0.2) is 0 Å². The molecule has 0 aromatic carbocycles. The first-order chi connectivity index (χ1) is 8.56. The number of hydrogen-bond acceptors (Lipinski definition) is 5. The first-order valence-corrected chi connectivity index (χ1v) is 6.87. The topological polar surface area (TPSA) is 82.9 Å². The minimum atomic E-state index is -0.565. The number of carbonyl (C=O) groups is 2. The first kappa shape index (κ1) is 14.7. The summed E-state index contributed by atoms with van der Waals surface area (Å²) in [6, 6.07) is 0. The highest BCUT2D eigenvalue weighted by Crippen LogP contribution is 2.18. The maximum Gasteiger partial charge on any atom is 0.269 e. The molecule has 0 aliphatic carbocycles. The largest absolute Gasteiger partial charge is 0.351 e. The van der Waals surface area contributed by atoms with Crippen LogP contribution >= 0.6 is 11.8 Å². The van der Waals surface area contributed by atoms with Crippen LogP contribution in [0.5, 0.6) is 0 Å². The van der Waals surface area contributed by atoms with E-state index in [2.05, 4.69) is 20.8 Å². The predicted octanol–water partition coefficient (Wildman–Crippen LogP) is 0.538. The van der Waals surface area contributed by atoms with Gasteiger partial charge in [0.1, 0.15) is 11.0 Å². The van der Waals surface area contributed by atoms with Gasteiger partial charge in [-0.1, -0.05) is 6.92 Å². The Morgan fingerprint density at radius 3 is 2.72 bits per heavy atom. The number of thioether (sulfide) groups is 1. The molecule has 0 spiro atoms. The van der Waals surface area contributed by atoms with Crippen LogP contribution in [-0.4, -0.2) is 40.9 Å².